The summed E-state index contributed by atoms with van der Waals surface area (Å²) >= 11 is 4.76. The Labute approximate surface area is 75.8 Å². The second-order valence-electron chi connectivity index (χ2n) is 2.10. The first-order valence-electron chi connectivity index (χ1n) is 2.96. The highest BCUT2D eigenvalue weighted by Crippen LogP contribution is 2.37. The van der Waals surface area contributed by atoms with Crippen LogP contribution in [0.3, 0.4) is 0 Å². The van der Waals surface area contributed by atoms with E-state index in [9.17, 15) is 4.79 Å². The molecule has 0 spiro atoms. The Balaban J connectivity index is 2.38. The van der Waals surface area contributed by atoms with Crippen LogP contribution in [0.15, 0.2) is 19.9 Å². The van der Waals surface area contributed by atoms with Crippen LogP contribution in [0.2, 0.25) is 0 Å². The molecule has 2 aliphatic rings. The quantitative estimate of drug-likeness (QED) is 0.634. The van der Waals surface area contributed by atoms with Gasteiger partial charge in [-0.25, -0.2) is 9.98 Å². The topological polar surface area (TPSA) is 41.8 Å². The van der Waals surface area contributed by atoms with Gasteiger partial charge in [0.25, 0.3) is 5.91 Å². The standard InChI is InChI=1S/C6H3BrN2OS/c7-4-1-3-5(10)8-2-9-6(3)11-4/h1-3H. The summed E-state index contributed by atoms with van der Waals surface area (Å²) in [6, 6.07) is 0. The number of aliphatic imine (C=N–C) groups is 2. The zero-order valence-electron chi connectivity index (χ0n) is 5.32. The van der Waals surface area contributed by atoms with Crippen molar-refractivity contribution in [2.24, 2.45) is 15.9 Å². The normalized spacial score (nSPS) is 28.1. The molecule has 1 atom stereocenters. The van der Waals surface area contributed by atoms with Crippen LogP contribution in [0.5, 0.6) is 0 Å². The summed E-state index contributed by atoms with van der Waals surface area (Å²) in [5.41, 5.74) is 0. The minimum atomic E-state index is -0.223. The first-order chi connectivity index (χ1) is 5.27. The highest BCUT2D eigenvalue weighted by Gasteiger charge is 2.30. The molecule has 0 aromatic rings. The third-order valence-corrected chi connectivity index (χ3v) is 3.05. The number of amides is 1. The van der Waals surface area contributed by atoms with Gasteiger partial charge in [-0.1, -0.05) is 11.8 Å². The number of thioether (sulfide) groups is 1. The van der Waals surface area contributed by atoms with Crippen LogP contribution in [-0.4, -0.2) is 17.3 Å². The molecule has 0 saturated carbocycles. The van der Waals surface area contributed by atoms with E-state index in [4.69, 9.17) is 0 Å². The fraction of sp³-hybridized carbons (Fsp3) is 0.167. The average Bonchev–Trinajstić information content (AvgIpc) is 2.31. The number of carbonyl (C=O) groups excluding carboxylic acids is 1. The predicted molar refractivity (Wildman–Crippen MR) is 49.0 cm³/mol. The third kappa shape index (κ3) is 1.18. The minimum Gasteiger partial charge on any atom is -0.271 e. The van der Waals surface area contributed by atoms with Gasteiger partial charge in [0, 0.05) is 0 Å². The number of fused-ring (bicyclic) bond motifs is 1. The van der Waals surface area contributed by atoms with E-state index in [1.54, 1.807) is 0 Å². The van der Waals surface area contributed by atoms with Crippen molar-refractivity contribution in [1.29, 1.82) is 0 Å². The van der Waals surface area contributed by atoms with Crippen molar-refractivity contribution in [2.45, 2.75) is 0 Å². The maximum atomic E-state index is 11.1. The van der Waals surface area contributed by atoms with Crippen LogP contribution in [0.25, 0.3) is 0 Å². The van der Waals surface area contributed by atoms with E-state index in [2.05, 4.69) is 25.9 Å². The summed E-state index contributed by atoms with van der Waals surface area (Å²) in [6.45, 7) is 0. The molecular weight excluding hydrogens is 228 g/mol. The van der Waals surface area contributed by atoms with Gasteiger partial charge in [-0.2, -0.15) is 0 Å². The van der Waals surface area contributed by atoms with Crippen LogP contribution in [0.4, 0.5) is 0 Å². The van der Waals surface area contributed by atoms with Crippen molar-refractivity contribution < 1.29 is 4.79 Å². The molecule has 2 rings (SSSR count). The molecule has 0 radical (unpaired) electrons. The Hall–Kier alpha value is -0.420. The molecule has 3 nitrogen and oxygen atoms in total. The highest BCUT2D eigenvalue weighted by atomic mass is 79.9. The lowest BCUT2D eigenvalue weighted by Gasteiger charge is -2.05. The Morgan fingerprint density at radius 2 is 2.45 bits per heavy atom. The van der Waals surface area contributed by atoms with Gasteiger partial charge in [-0.3, -0.25) is 4.79 Å². The fourth-order valence-electron chi connectivity index (χ4n) is 0.906. The molecule has 5 heteroatoms. The number of rotatable bonds is 0. The van der Waals surface area contributed by atoms with Crippen LogP contribution < -0.4 is 0 Å². The van der Waals surface area contributed by atoms with Crippen molar-refractivity contribution in [3.8, 4) is 0 Å². The van der Waals surface area contributed by atoms with Gasteiger partial charge in [0.05, 0.1) is 8.86 Å². The Kier molecular flexibility index (Phi) is 1.69. The number of halogens is 1. The molecule has 2 heterocycles. The monoisotopic (exact) mass is 230 g/mol. The molecule has 0 aliphatic carbocycles. The van der Waals surface area contributed by atoms with E-state index in [0.717, 1.165) is 8.86 Å². The van der Waals surface area contributed by atoms with Crippen molar-refractivity contribution in [1.82, 2.24) is 0 Å². The Morgan fingerprint density at radius 3 is 3.18 bits per heavy atom. The number of carbonyl (C=O) groups is 1. The maximum Gasteiger partial charge on any atom is 0.260 e. The van der Waals surface area contributed by atoms with E-state index < -0.39 is 0 Å². The summed E-state index contributed by atoms with van der Waals surface area (Å²) in [6.07, 6.45) is 3.13. The molecule has 0 aromatic carbocycles. The molecule has 0 saturated heterocycles. The lowest BCUT2D eigenvalue weighted by atomic mass is 10.1. The molecule has 0 N–H and O–H groups in total. The largest absolute Gasteiger partial charge is 0.271 e. The summed E-state index contributed by atoms with van der Waals surface area (Å²) in [5, 5.41) is 0.817. The van der Waals surface area contributed by atoms with Crippen molar-refractivity contribution in [2.75, 3.05) is 0 Å². The lowest BCUT2D eigenvalue weighted by molar-refractivity contribution is -0.118. The molecular formula is C6H3BrN2OS. The van der Waals surface area contributed by atoms with E-state index in [1.165, 1.54) is 18.1 Å². The van der Waals surface area contributed by atoms with Gasteiger partial charge in [0.2, 0.25) is 0 Å². The highest BCUT2D eigenvalue weighted by molar-refractivity contribution is 9.14. The lowest BCUT2D eigenvalue weighted by Crippen LogP contribution is -2.18. The Bertz CT molecular complexity index is 308. The predicted octanol–water partition coefficient (Wildman–Crippen LogP) is 1.55. The van der Waals surface area contributed by atoms with Gasteiger partial charge < -0.3 is 0 Å². The molecule has 56 valence electrons. The van der Waals surface area contributed by atoms with Crippen LogP contribution in [0.1, 0.15) is 0 Å². The number of hydrogen-bond acceptors (Lipinski definition) is 3. The van der Waals surface area contributed by atoms with Crippen LogP contribution >= 0.6 is 27.7 Å². The van der Waals surface area contributed by atoms with E-state index in [-0.39, 0.29) is 11.8 Å². The van der Waals surface area contributed by atoms with Crippen molar-refractivity contribution in [3.63, 3.8) is 0 Å². The van der Waals surface area contributed by atoms with Crippen molar-refractivity contribution >= 4 is 45.0 Å². The summed E-state index contributed by atoms with van der Waals surface area (Å²) < 4.78 is 0.945. The summed E-state index contributed by atoms with van der Waals surface area (Å²) in [5.74, 6) is -0.351. The fourth-order valence-corrected chi connectivity index (χ4v) is 2.47. The molecule has 2 aliphatic heterocycles. The van der Waals surface area contributed by atoms with Crippen LogP contribution in [0, 0.1) is 5.92 Å². The van der Waals surface area contributed by atoms with Gasteiger partial charge in [0.1, 0.15) is 12.3 Å². The van der Waals surface area contributed by atoms with E-state index >= 15 is 0 Å². The zero-order valence-corrected chi connectivity index (χ0v) is 7.72. The Morgan fingerprint density at radius 1 is 1.64 bits per heavy atom. The van der Waals surface area contributed by atoms with Gasteiger partial charge in [-0.15, -0.1) is 0 Å². The van der Waals surface area contributed by atoms with Crippen molar-refractivity contribution in [3.05, 3.63) is 9.89 Å². The summed E-state index contributed by atoms with van der Waals surface area (Å²) in [4.78, 5) is 18.6. The molecule has 11 heavy (non-hydrogen) atoms. The molecule has 1 unspecified atom stereocenters. The van der Waals surface area contributed by atoms with Gasteiger partial charge in [-0.05, 0) is 22.0 Å². The summed E-state index contributed by atoms with van der Waals surface area (Å²) in [7, 11) is 0. The molecule has 0 bridgehead atoms. The SMILES string of the molecule is O=C1N=CN=C2SC(Br)=CC12. The van der Waals surface area contributed by atoms with Gasteiger partial charge >= 0.3 is 0 Å². The molecule has 0 aromatic heterocycles. The van der Waals surface area contributed by atoms with Crippen LogP contribution in [-0.2, 0) is 4.79 Å². The number of nitrogens with zero attached hydrogens (tertiary/aromatic N) is 2. The van der Waals surface area contributed by atoms with E-state index in [0.29, 0.717) is 0 Å². The maximum absolute atomic E-state index is 11.1. The first-order valence-corrected chi connectivity index (χ1v) is 4.57. The molecule has 0 fully saturated rings. The number of hydrogen-bond donors (Lipinski definition) is 0. The average molecular weight is 231 g/mol. The van der Waals surface area contributed by atoms with E-state index in [1.807, 2.05) is 6.08 Å². The first kappa shape index (κ1) is 7.24. The minimum absolute atomic E-state index is 0.128. The smallest absolute Gasteiger partial charge is 0.260 e. The van der Waals surface area contributed by atoms with Gasteiger partial charge in [0.15, 0.2) is 0 Å². The zero-order chi connectivity index (χ0) is 7.84. The second-order valence-corrected chi connectivity index (χ2v) is 4.54. The molecule has 1 amide bonds. The third-order valence-electron chi connectivity index (χ3n) is 1.40. The second kappa shape index (κ2) is 2.57.